The maximum atomic E-state index is 12.6. The van der Waals surface area contributed by atoms with Crippen LogP contribution in [0.5, 0.6) is 5.88 Å². The van der Waals surface area contributed by atoms with Crippen LogP contribution in [0.2, 0.25) is 0 Å². The number of carbonyl (C=O) groups is 1. The van der Waals surface area contributed by atoms with Gasteiger partial charge in [-0.05, 0) is 24.1 Å². The SMILES string of the molecule is COc1cc(C)c(C(F)F)c(C(=O)Cl)n1. The monoisotopic (exact) mass is 235 g/mol. The Morgan fingerprint density at radius 2 is 2.20 bits per heavy atom. The number of pyridine rings is 1. The van der Waals surface area contributed by atoms with Gasteiger partial charge < -0.3 is 4.74 Å². The smallest absolute Gasteiger partial charge is 0.271 e. The van der Waals surface area contributed by atoms with Crippen molar-refractivity contribution in [1.82, 2.24) is 4.98 Å². The number of nitrogens with zero attached hydrogens (tertiary/aromatic N) is 1. The van der Waals surface area contributed by atoms with Gasteiger partial charge in [0, 0.05) is 6.07 Å². The van der Waals surface area contributed by atoms with Crippen LogP contribution < -0.4 is 4.74 Å². The Balaban J connectivity index is 3.42. The second kappa shape index (κ2) is 4.53. The third-order valence-corrected chi connectivity index (χ3v) is 2.03. The first kappa shape index (κ1) is 11.8. The van der Waals surface area contributed by atoms with Gasteiger partial charge in [-0.3, -0.25) is 4.79 Å². The average Bonchev–Trinajstić information content (AvgIpc) is 2.15. The Kier molecular flexibility index (Phi) is 3.57. The van der Waals surface area contributed by atoms with Gasteiger partial charge in [0.25, 0.3) is 11.7 Å². The summed E-state index contributed by atoms with van der Waals surface area (Å²) in [7, 11) is 1.33. The van der Waals surface area contributed by atoms with Crippen molar-refractivity contribution in [3.8, 4) is 5.88 Å². The van der Waals surface area contributed by atoms with E-state index >= 15 is 0 Å². The van der Waals surface area contributed by atoms with Crippen LogP contribution in [0, 0.1) is 6.92 Å². The molecular formula is C9H8ClF2NO2. The van der Waals surface area contributed by atoms with E-state index in [1.165, 1.54) is 20.1 Å². The summed E-state index contributed by atoms with van der Waals surface area (Å²) in [4.78, 5) is 14.5. The zero-order chi connectivity index (χ0) is 11.6. The van der Waals surface area contributed by atoms with Crippen LogP contribution in [0.1, 0.15) is 28.0 Å². The van der Waals surface area contributed by atoms with Gasteiger partial charge in [0.2, 0.25) is 5.88 Å². The molecule has 0 radical (unpaired) electrons. The van der Waals surface area contributed by atoms with Crippen LogP contribution in [-0.4, -0.2) is 17.3 Å². The van der Waals surface area contributed by atoms with E-state index in [0.29, 0.717) is 0 Å². The van der Waals surface area contributed by atoms with Gasteiger partial charge in [-0.25, -0.2) is 13.8 Å². The van der Waals surface area contributed by atoms with Crippen LogP contribution in [0.15, 0.2) is 6.07 Å². The minimum absolute atomic E-state index is 0.0842. The van der Waals surface area contributed by atoms with Crippen LogP contribution in [0.3, 0.4) is 0 Å². The average molecular weight is 236 g/mol. The molecule has 0 amide bonds. The lowest BCUT2D eigenvalue weighted by atomic mass is 10.1. The van der Waals surface area contributed by atoms with E-state index < -0.39 is 22.9 Å². The topological polar surface area (TPSA) is 39.2 Å². The summed E-state index contributed by atoms with van der Waals surface area (Å²) in [5.74, 6) is 0.0842. The molecule has 1 heterocycles. The number of hydrogen-bond acceptors (Lipinski definition) is 3. The van der Waals surface area contributed by atoms with E-state index in [0.717, 1.165) is 0 Å². The second-order valence-corrected chi connectivity index (χ2v) is 3.16. The van der Waals surface area contributed by atoms with E-state index in [4.69, 9.17) is 16.3 Å². The number of alkyl halides is 2. The van der Waals surface area contributed by atoms with Gasteiger partial charge in [0.15, 0.2) is 0 Å². The largest absolute Gasteiger partial charge is 0.481 e. The molecule has 0 aromatic carbocycles. The summed E-state index contributed by atoms with van der Waals surface area (Å²) in [6.07, 6.45) is -2.79. The Bertz CT molecular complexity index is 396. The summed E-state index contributed by atoms with van der Waals surface area (Å²) in [6, 6.07) is 1.32. The highest BCUT2D eigenvalue weighted by Crippen LogP contribution is 2.28. The molecular weight excluding hydrogens is 228 g/mol. The zero-order valence-electron chi connectivity index (χ0n) is 8.05. The van der Waals surface area contributed by atoms with Crippen LogP contribution in [-0.2, 0) is 0 Å². The number of aromatic nitrogens is 1. The standard InChI is InChI=1S/C9H8ClF2NO2/c1-4-3-5(15-2)13-7(8(10)14)6(4)9(11)12/h3,9H,1-2H3. The molecule has 0 fully saturated rings. The second-order valence-electron chi connectivity index (χ2n) is 2.82. The molecule has 0 unspecified atom stereocenters. The lowest BCUT2D eigenvalue weighted by molar-refractivity contribution is 0.105. The molecule has 6 heteroatoms. The van der Waals surface area contributed by atoms with Crippen molar-refractivity contribution in [2.24, 2.45) is 0 Å². The van der Waals surface area contributed by atoms with Gasteiger partial charge in [-0.1, -0.05) is 0 Å². The highest BCUT2D eigenvalue weighted by molar-refractivity contribution is 6.67. The summed E-state index contributed by atoms with van der Waals surface area (Å²) in [5.41, 5.74) is -0.680. The highest BCUT2D eigenvalue weighted by Gasteiger charge is 2.22. The molecule has 0 atom stereocenters. The maximum Gasteiger partial charge on any atom is 0.271 e. The molecule has 0 bridgehead atoms. The lowest BCUT2D eigenvalue weighted by Crippen LogP contribution is -2.06. The van der Waals surface area contributed by atoms with E-state index in [1.54, 1.807) is 0 Å². The number of hydrogen-bond donors (Lipinski definition) is 0. The molecule has 1 aromatic rings. The molecule has 1 aromatic heterocycles. The molecule has 0 N–H and O–H groups in total. The van der Waals surface area contributed by atoms with Crippen molar-refractivity contribution in [3.05, 3.63) is 22.9 Å². The molecule has 0 aliphatic heterocycles. The van der Waals surface area contributed by atoms with Gasteiger partial charge in [0.05, 0.1) is 12.7 Å². The number of aryl methyl sites for hydroxylation is 1. The van der Waals surface area contributed by atoms with Crippen LogP contribution in [0.25, 0.3) is 0 Å². The first-order chi connectivity index (χ1) is 6.97. The van der Waals surface area contributed by atoms with Crippen molar-refractivity contribution in [1.29, 1.82) is 0 Å². The molecule has 0 aliphatic rings. The van der Waals surface area contributed by atoms with Crippen molar-refractivity contribution in [2.75, 3.05) is 7.11 Å². The maximum absolute atomic E-state index is 12.6. The fourth-order valence-corrected chi connectivity index (χ4v) is 1.33. The Labute approximate surface area is 90.0 Å². The van der Waals surface area contributed by atoms with E-state index in [-0.39, 0.29) is 11.4 Å². The highest BCUT2D eigenvalue weighted by atomic mass is 35.5. The van der Waals surface area contributed by atoms with E-state index in [1.807, 2.05) is 0 Å². The van der Waals surface area contributed by atoms with E-state index in [9.17, 15) is 13.6 Å². The van der Waals surface area contributed by atoms with Crippen LogP contribution in [0.4, 0.5) is 8.78 Å². The molecule has 0 aliphatic carbocycles. The molecule has 0 saturated carbocycles. The summed E-state index contributed by atoms with van der Waals surface area (Å²) < 4.78 is 29.9. The fraction of sp³-hybridized carbons (Fsp3) is 0.333. The Hall–Kier alpha value is -1.23. The number of halogens is 3. The van der Waals surface area contributed by atoms with Crippen molar-refractivity contribution >= 4 is 16.8 Å². The Morgan fingerprint density at radius 3 is 2.60 bits per heavy atom. The minimum Gasteiger partial charge on any atom is -0.481 e. The predicted molar refractivity (Wildman–Crippen MR) is 50.7 cm³/mol. The molecule has 1 rings (SSSR count). The predicted octanol–water partition coefficient (Wildman–Crippen LogP) is 2.72. The molecule has 0 saturated heterocycles. The van der Waals surface area contributed by atoms with Gasteiger partial charge in [0.1, 0.15) is 5.69 Å². The third kappa shape index (κ3) is 2.41. The van der Waals surface area contributed by atoms with Gasteiger partial charge in [-0.15, -0.1) is 0 Å². The Morgan fingerprint density at radius 1 is 1.60 bits per heavy atom. The number of carbonyl (C=O) groups excluding carboxylic acids is 1. The third-order valence-electron chi connectivity index (χ3n) is 1.86. The van der Waals surface area contributed by atoms with E-state index in [2.05, 4.69) is 4.98 Å². The molecule has 15 heavy (non-hydrogen) atoms. The minimum atomic E-state index is -2.79. The van der Waals surface area contributed by atoms with Crippen molar-refractivity contribution in [3.63, 3.8) is 0 Å². The molecule has 0 spiro atoms. The summed E-state index contributed by atoms with van der Waals surface area (Å²) in [6.45, 7) is 1.44. The van der Waals surface area contributed by atoms with Crippen molar-refractivity contribution < 1.29 is 18.3 Å². The molecule has 82 valence electrons. The van der Waals surface area contributed by atoms with Gasteiger partial charge in [-0.2, -0.15) is 0 Å². The zero-order valence-corrected chi connectivity index (χ0v) is 8.81. The summed E-state index contributed by atoms with van der Waals surface area (Å²) in [5, 5.41) is -1.02. The first-order valence-electron chi connectivity index (χ1n) is 4.01. The van der Waals surface area contributed by atoms with Gasteiger partial charge >= 0.3 is 0 Å². The summed E-state index contributed by atoms with van der Waals surface area (Å²) >= 11 is 5.16. The first-order valence-corrected chi connectivity index (χ1v) is 4.38. The number of methoxy groups -OCH3 is 1. The lowest BCUT2D eigenvalue weighted by Gasteiger charge is -2.09. The molecule has 3 nitrogen and oxygen atoms in total. The van der Waals surface area contributed by atoms with Crippen LogP contribution >= 0.6 is 11.6 Å². The quantitative estimate of drug-likeness (QED) is 0.756. The normalized spacial score (nSPS) is 10.5. The number of rotatable bonds is 3. The van der Waals surface area contributed by atoms with Crippen molar-refractivity contribution in [2.45, 2.75) is 13.3 Å². The fourth-order valence-electron chi connectivity index (χ4n) is 1.18. The number of ether oxygens (including phenoxy) is 1.